The molecule has 0 saturated heterocycles. The number of anilines is 1. The van der Waals surface area contributed by atoms with Gasteiger partial charge in [0.25, 0.3) is 0 Å². The van der Waals surface area contributed by atoms with Gasteiger partial charge in [-0.25, -0.2) is 0 Å². The maximum Gasteiger partial charge on any atom is 0.211 e. The molecule has 2 rings (SSSR count). The van der Waals surface area contributed by atoms with Crippen molar-refractivity contribution >= 4 is 18.3 Å². The molecule has 2 aromatic rings. The fourth-order valence-corrected chi connectivity index (χ4v) is 2.25. The summed E-state index contributed by atoms with van der Waals surface area (Å²) in [6, 6.07) is 8.03. The minimum absolute atomic E-state index is 0.488. The molecule has 0 unspecified atom stereocenters. The van der Waals surface area contributed by atoms with E-state index in [1.165, 1.54) is 32.1 Å². The third kappa shape index (κ3) is 4.23. The molecule has 1 heterocycles. The van der Waals surface area contributed by atoms with Crippen LogP contribution in [0.4, 0.5) is 5.69 Å². The highest BCUT2D eigenvalue weighted by Gasteiger charge is 2.04. The summed E-state index contributed by atoms with van der Waals surface area (Å²) in [6.07, 6.45) is 6.43. The highest BCUT2D eigenvalue weighted by atomic mass is 32.1. The smallest absolute Gasteiger partial charge is 0.211 e. The standard InChI is InChI=1S/C14H21N5S/c1-2-3-4-5-6-10-15-12-8-7-9-13(11-12)19-14(20)16-17-18-19/h7-9,11,15H,2-6,10H2,1H3,(H,16,18,20). The van der Waals surface area contributed by atoms with E-state index in [-0.39, 0.29) is 0 Å². The van der Waals surface area contributed by atoms with Gasteiger partial charge in [-0.2, -0.15) is 4.68 Å². The molecule has 0 radical (unpaired) electrons. The average molecular weight is 291 g/mol. The van der Waals surface area contributed by atoms with Crippen LogP contribution in [0.2, 0.25) is 0 Å². The van der Waals surface area contributed by atoms with Crippen molar-refractivity contribution in [3.63, 3.8) is 0 Å². The summed E-state index contributed by atoms with van der Waals surface area (Å²) in [4.78, 5) is 0. The Hall–Kier alpha value is -1.56. The maximum atomic E-state index is 4.22. The summed E-state index contributed by atoms with van der Waals surface area (Å²) in [7, 11) is 0. The molecule has 6 heteroatoms. The number of thiol groups is 1. The van der Waals surface area contributed by atoms with E-state index in [1.54, 1.807) is 4.68 Å². The summed E-state index contributed by atoms with van der Waals surface area (Å²) in [5.74, 6) is 0. The van der Waals surface area contributed by atoms with Gasteiger partial charge in [0, 0.05) is 12.2 Å². The number of hydrogen-bond acceptors (Lipinski definition) is 5. The lowest BCUT2D eigenvalue weighted by molar-refractivity contribution is 0.645. The third-order valence-electron chi connectivity index (χ3n) is 3.15. The molecule has 1 aromatic carbocycles. The highest BCUT2D eigenvalue weighted by molar-refractivity contribution is 7.80. The lowest BCUT2D eigenvalue weighted by Crippen LogP contribution is -2.03. The zero-order valence-corrected chi connectivity index (χ0v) is 12.7. The number of hydrogen-bond donors (Lipinski definition) is 2. The van der Waals surface area contributed by atoms with Gasteiger partial charge in [0.1, 0.15) is 0 Å². The van der Waals surface area contributed by atoms with E-state index in [4.69, 9.17) is 0 Å². The molecule has 5 nitrogen and oxygen atoms in total. The maximum absolute atomic E-state index is 4.22. The van der Waals surface area contributed by atoms with Gasteiger partial charge in [-0.05, 0) is 35.0 Å². The minimum Gasteiger partial charge on any atom is -0.385 e. The fraction of sp³-hybridized carbons (Fsp3) is 0.500. The van der Waals surface area contributed by atoms with Crippen molar-refractivity contribution < 1.29 is 0 Å². The van der Waals surface area contributed by atoms with Gasteiger partial charge in [0.2, 0.25) is 5.16 Å². The SMILES string of the molecule is CCCCCCCNc1cccc(-n2nnnc2S)c1. The summed E-state index contributed by atoms with van der Waals surface area (Å²) < 4.78 is 1.61. The molecule has 108 valence electrons. The molecule has 1 N–H and O–H groups in total. The molecule has 1 aromatic heterocycles. The van der Waals surface area contributed by atoms with Crippen molar-refractivity contribution in [3.8, 4) is 5.69 Å². The Balaban J connectivity index is 1.86. The molecular formula is C14H21N5S. The van der Waals surface area contributed by atoms with Crippen LogP contribution in [0.15, 0.2) is 29.4 Å². The molecule has 0 bridgehead atoms. The molecule has 0 aliphatic carbocycles. The Kier molecular flexibility index (Phi) is 5.86. The van der Waals surface area contributed by atoms with Crippen molar-refractivity contribution in [2.45, 2.75) is 44.2 Å². The Labute approximate surface area is 125 Å². The Bertz CT molecular complexity index is 526. The Morgan fingerprint density at radius 1 is 1.20 bits per heavy atom. The Morgan fingerprint density at radius 3 is 2.80 bits per heavy atom. The number of nitrogens with zero attached hydrogens (tertiary/aromatic N) is 4. The number of unbranched alkanes of at least 4 members (excludes halogenated alkanes) is 4. The van der Waals surface area contributed by atoms with Gasteiger partial charge in [0.15, 0.2) is 0 Å². The Morgan fingerprint density at radius 2 is 2.05 bits per heavy atom. The molecule has 0 aliphatic rings. The summed E-state index contributed by atoms with van der Waals surface area (Å²) in [6.45, 7) is 3.23. The van der Waals surface area contributed by atoms with Gasteiger partial charge in [-0.1, -0.05) is 38.7 Å². The third-order valence-corrected chi connectivity index (χ3v) is 3.43. The predicted molar refractivity (Wildman–Crippen MR) is 83.7 cm³/mol. The van der Waals surface area contributed by atoms with Gasteiger partial charge in [-0.3, -0.25) is 0 Å². The molecule has 0 atom stereocenters. The number of rotatable bonds is 8. The van der Waals surface area contributed by atoms with Crippen LogP contribution in [0.3, 0.4) is 0 Å². The van der Waals surface area contributed by atoms with E-state index in [2.05, 4.69) is 46.5 Å². The number of tetrazole rings is 1. The van der Waals surface area contributed by atoms with Crippen molar-refractivity contribution in [1.82, 2.24) is 20.2 Å². The van der Waals surface area contributed by atoms with Crippen LogP contribution < -0.4 is 5.32 Å². The van der Waals surface area contributed by atoms with E-state index in [1.807, 2.05) is 18.2 Å². The van der Waals surface area contributed by atoms with Crippen molar-refractivity contribution in [3.05, 3.63) is 24.3 Å². The zero-order chi connectivity index (χ0) is 14.2. The number of nitrogens with one attached hydrogen (secondary N) is 1. The topological polar surface area (TPSA) is 55.6 Å². The normalized spacial score (nSPS) is 10.7. The van der Waals surface area contributed by atoms with Crippen LogP contribution in [0.5, 0.6) is 0 Å². The van der Waals surface area contributed by atoms with Crippen molar-refractivity contribution in [2.75, 3.05) is 11.9 Å². The second-order valence-electron chi connectivity index (χ2n) is 4.78. The average Bonchev–Trinajstić information content (AvgIpc) is 2.89. The lowest BCUT2D eigenvalue weighted by atomic mass is 10.1. The van der Waals surface area contributed by atoms with Crippen molar-refractivity contribution in [1.29, 1.82) is 0 Å². The van der Waals surface area contributed by atoms with Crippen LogP contribution >= 0.6 is 12.6 Å². The number of benzene rings is 1. The quantitative estimate of drug-likeness (QED) is 0.578. The lowest BCUT2D eigenvalue weighted by Gasteiger charge is -2.08. The van der Waals surface area contributed by atoms with Crippen LogP contribution in [0, 0.1) is 0 Å². The van der Waals surface area contributed by atoms with Crippen molar-refractivity contribution in [2.24, 2.45) is 0 Å². The van der Waals surface area contributed by atoms with Crippen LogP contribution in [0.1, 0.15) is 39.0 Å². The first-order chi connectivity index (χ1) is 9.81. The van der Waals surface area contributed by atoms with Gasteiger partial charge < -0.3 is 5.32 Å². The summed E-state index contributed by atoms with van der Waals surface area (Å²) >= 11 is 4.22. The molecule has 0 spiro atoms. The second kappa shape index (κ2) is 7.89. The number of aromatic nitrogens is 4. The largest absolute Gasteiger partial charge is 0.385 e. The molecule has 0 fully saturated rings. The van der Waals surface area contributed by atoms with E-state index < -0.39 is 0 Å². The zero-order valence-electron chi connectivity index (χ0n) is 11.8. The van der Waals surface area contributed by atoms with Crippen LogP contribution in [0.25, 0.3) is 5.69 Å². The summed E-state index contributed by atoms with van der Waals surface area (Å²) in [5.41, 5.74) is 2.00. The van der Waals surface area contributed by atoms with E-state index >= 15 is 0 Å². The van der Waals surface area contributed by atoms with Crippen LogP contribution in [-0.4, -0.2) is 26.8 Å². The van der Waals surface area contributed by atoms with Gasteiger partial charge >= 0.3 is 0 Å². The van der Waals surface area contributed by atoms with Gasteiger partial charge in [0.05, 0.1) is 5.69 Å². The summed E-state index contributed by atoms with van der Waals surface area (Å²) in [5, 5.41) is 15.2. The second-order valence-corrected chi connectivity index (χ2v) is 5.18. The highest BCUT2D eigenvalue weighted by Crippen LogP contribution is 2.16. The fourth-order valence-electron chi connectivity index (χ4n) is 2.06. The van der Waals surface area contributed by atoms with E-state index in [0.717, 1.165) is 17.9 Å². The predicted octanol–water partition coefficient (Wildman–Crippen LogP) is 3.33. The van der Waals surface area contributed by atoms with Gasteiger partial charge in [-0.15, -0.1) is 17.7 Å². The first-order valence-electron chi connectivity index (χ1n) is 7.13. The monoisotopic (exact) mass is 291 g/mol. The minimum atomic E-state index is 0.488. The van der Waals surface area contributed by atoms with E-state index in [9.17, 15) is 0 Å². The first kappa shape index (κ1) is 14.8. The molecule has 20 heavy (non-hydrogen) atoms. The molecule has 0 aliphatic heterocycles. The molecular weight excluding hydrogens is 270 g/mol. The van der Waals surface area contributed by atoms with Crippen LogP contribution in [-0.2, 0) is 0 Å². The molecule has 0 saturated carbocycles. The first-order valence-corrected chi connectivity index (χ1v) is 7.57. The van der Waals surface area contributed by atoms with E-state index in [0.29, 0.717) is 5.16 Å². The molecule has 0 amide bonds.